The van der Waals surface area contributed by atoms with Crippen LogP contribution in [0.25, 0.3) is 0 Å². The van der Waals surface area contributed by atoms with Gasteiger partial charge in [0, 0.05) is 25.6 Å². The van der Waals surface area contributed by atoms with Crippen LogP contribution in [0.2, 0.25) is 0 Å². The molecule has 1 aromatic rings. The summed E-state index contributed by atoms with van der Waals surface area (Å²) in [6.07, 6.45) is 5.30. The third-order valence-corrected chi connectivity index (χ3v) is 4.42. The Morgan fingerprint density at radius 1 is 1.50 bits per heavy atom. The molecule has 0 saturated carbocycles. The number of amides is 1. The number of aromatic nitrogens is 1. The summed E-state index contributed by atoms with van der Waals surface area (Å²) in [4.78, 5) is 18.1. The Labute approximate surface area is 131 Å². The van der Waals surface area contributed by atoms with Crippen LogP contribution in [0.5, 0.6) is 0 Å². The number of nitrogens with zero attached hydrogens (tertiary/aromatic N) is 2. The molecule has 5 nitrogen and oxygen atoms in total. The lowest BCUT2D eigenvalue weighted by Gasteiger charge is -2.53. The largest absolute Gasteiger partial charge is 0.372 e. The maximum absolute atomic E-state index is 11.9. The van der Waals surface area contributed by atoms with E-state index in [-0.39, 0.29) is 17.6 Å². The van der Waals surface area contributed by atoms with Gasteiger partial charge in [-0.25, -0.2) is 0 Å². The molecule has 1 atom stereocenters. The quantitative estimate of drug-likeness (QED) is 0.836. The summed E-state index contributed by atoms with van der Waals surface area (Å²) in [5.41, 5.74) is 0.785. The van der Waals surface area contributed by atoms with Crippen molar-refractivity contribution in [1.82, 2.24) is 9.88 Å². The molecule has 0 radical (unpaired) electrons. The van der Waals surface area contributed by atoms with Crippen molar-refractivity contribution in [3.05, 3.63) is 30.1 Å². The summed E-state index contributed by atoms with van der Waals surface area (Å²) in [5.74, 6) is 0.244. The Bertz CT molecular complexity index is 500. The van der Waals surface area contributed by atoms with Crippen molar-refractivity contribution in [3.8, 4) is 0 Å². The van der Waals surface area contributed by atoms with E-state index in [2.05, 4.69) is 4.98 Å². The number of pyridine rings is 1. The van der Waals surface area contributed by atoms with Crippen LogP contribution in [-0.2, 0) is 20.9 Å². The standard InChI is InChI=1S/C17H24N2O3/c1-2-5-16(20)19-12-17(13-19)10-15(7-9-22-17)21-11-14-6-3-4-8-18-14/h3-4,6,8,15H,2,5,7,9-13H2,1H3/t15-/m1/s1. The topological polar surface area (TPSA) is 51.7 Å². The molecule has 0 bridgehead atoms. The van der Waals surface area contributed by atoms with Crippen LogP contribution in [-0.4, -0.2) is 47.2 Å². The number of likely N-dealkylation sites (tertiary alicyclic amines) is 1. The molecule has 3 heterocycles. The molecule has 2 aliphatic heterocycles. The van der Waals surface area contributed by atoms with Crippen molar-refractivity contribution in [3.63, 3.8) is 0 Å². The highest BCUT2D eigenvalue weighted by Crippen LogP contribution is 2.35. The molecule has 0 unspecified atom stereocenters. The molecule has 3 rings (SSSR count). The van der Waals surface area contributed by atoms with E-state index in [1.807, 2.05) is 30.0 Å². The summed E-state index contributed by atoms with van der Waals surface area (Å²) < 4.78 is 12.0. The van der Waals surface area contributed by atoms with Gasteiger partial charge in [-0.3, -0.25) is 9.78 Å². The second kappa shape index (κ2) is 6.75. The zero-order valence-corrected chi connectivity index (χ0v) is 13.2. The van der Waals surface area contributed by atoms with Gasteiger partial charge in [0.25, 0.3) is 0 Å². The van der Waals surface area contributed by atoms with Gasteiger partial charge in [-0.2, -0.15) is 0 Å². The van der Waals surface area contributed by atoms with Crippen LogP contribution in [0.15, 0.2) is 24.4 Å². The SMILES string of the molecule is CCCC(=O)N1CC2(C[C@H](OCc3ccccn3)CCO2)C1. The zero-order chi connectivity index (χ0) is 15.4. The van der Waals surface area contributed by atoms with Gasteiger partial charge in [0.2, 0.25) is 5.91 Å². The minimum atomic E-state index is -0.170. The Hall–Kier alpha value is -1.46. The molecule has 5 heteroatoms. The number of ether oxygens (including phenoxy) is 2. The fourth-order valence-electron chi connectivity index (χ4n) is 3.23. The van der Waals surface area contributed by atoms with E-state index in [9.17, 15) is 4.79 Å². The van der Waals surface area contributed by atoms with Crippen LogP contribution < -0.4 is 0 Å². The molecule has 0 aromatic carbocycles. The first kappa shape index (κ1) is 15.4. The monoisotopic (exact) mass is 304 g/mol. The van der Waals surface area contributed by atoms with Crippen molar-refractivity contribution in [1.29, 1.82) is 0 Å². The summed E-state index contributed by atoms with van der Waals surface area (Å²) in [6, 6.07) is 5.85. The van der Waals surface area contributed by atoms with Crippen molar-refractivity contribution in [2.45, 2.75) is 50.9 Å². The van der Waals surface area contributed by atoms with Gasteiger partial charge in [-0.05, 0) is 25.0 Å². The normalized spacial score (nSPS) is 23.3. The molecule has 0 aliphatic carbocycles. The van der Waals surface area contributed by atoms with E-state index in [4.69, 9.17) is 9.47 Å². The molecule has 2 aliphatic rings. The lowest BCUT2D eigenvalue weighted by atomic mass is 9.84. The predicted octanol–water partition coefficient (Wildman–Crippen LogP) is 2.16. The summed E-state index contributed by atoms with van der Waals surface area (Å²) in [7, 11) is 0. The highest BCUT2D eigenvalue weighted by Gasteiger charge is 2.49. The van der Waals surface area contributed by atoms with E-state index in [1.54, 1.807) is 6.20 Å². The van der Waals surface area contributed by atoms with Crippen molar-refractivity contribution in [2.24, 2.45) is 0 Å². The first-order chi connectivity index (χ1) is 10.7. The maximum atomic E-state index is 11.9. The summed E-state index contributed by atoms with van der Waals surface area (Å²) in [6.45, 7) is 4.72. The molecule has 1 aromatic heterocycles. The second-order valence-corrected chi connectivity index (χ2v) is 6.28. The molecular formula is C17H24N2O3. The number of rotatable bonds is 5. The van der Waals surface area contributed by atoms with Crippen LogP contribution in [0, 0.1) is 0 Å². The van der Waals surface area contributed by atoms with Crippen LogP contribution >= 0.6 is 0 Å². The van der Waals surface area contributed by atoms with Gasteiger partial charge in [0.1, 0.15) is 5.60 Å². The number of hydrogen-bond acceptors (Lipinski definition) is 4. The molecule has 1 amide bonds. The third kappa shape index (κ3) is 3.47. The Morgan fingerprint density at radius 3 is 3.09 bits per heavy atom. The molecule has 2 saturated heterocycles. The molecule has 2 fully saturated rings. The summed E-state index contributed by atoms with van der Waals surface area (Å²) >= 11 is 0. The highest BCUT2D eigenvalue weighted by atomic mass is 16.5. The van der Waals surface area contributed by atoms with E-state index in [1.165, 1.54) is 0 Å². The van der Waals surface area contributed by atoms with Gasteiger partial charge in [0.05, 0.1) is 31.5 Å². The average molecular weight is 304 g/mol. The van der Waals surface area contributed by atoms with Gasteiger partial charge < -0.3 is 14.4 Å². The fraction of sp³-hybridized carbons (Fsp3) is 0.647. The zero-order valence-electron chi connectivity index (χ0n) is 13.2. The second-order valence-electron chi connectivity index (χ2n) is 6.28. The van der Waals surface area contributed by atoms with Crippen LogP contribution in [0.4, 0.5) is 0 Å². The lowest BCUT2D eigenvalue weighted by Crippen LogP contribution is -2.67. The van der Waals surface area contributed by atoms with E-state index < -0.39 is 0 Å². The van der Waals surface area contributed by atoms with E-state index >= 15 is 0 Å². The van der Waals surface area contributed by atoms with Crippen molar-refractivity contribution in [2.75, 3.05) is 19.7 Å². The molecule has 22 heavy (non-hydrogen) atoms. The van der Waals surface area contributed by atoms with E-state index in [0.29, 0.717) is 19.6 Å². The fourth-order valence-corrected chi connectivity index (χ4v) is 3.23. The predicted molar refractivity (Wildman–Crippen MR) is 82.2 cm³/mol. The molecule has 120 valence electrons. The number of carbonyl (C=O) groups is 1. The van der Waals surface area contributed by atoms with Crippen LogP contribution in [0.3, 0.4) is 0 Å². The number of carbonyl (C=O) groups excluding carboxylic acids is 1. The molecular weight excluding hydrogens is 280 g/mol. The van der Waals surface area contributed by atoms with Crippen molar-refractivity contribution >= 4 is 5.91 Å². The average Bonchev–Trinajstić information content (AvgIpc) is 2.52. The Balaban J connectivity index is 1.47. The van der Waals surface area contributed by atoms with Gasteiger partial charge in [-0.15, -0.1) is 0 Å². The highest BCUT2D eigenvalue weighted by molar-refractivity contribution is 5.77. The smallest absolute Gasteiger partial charge is 0.222 e. The van der Waals surface area contributed by atoms with Crippen LogP contribution in [0.1, 0.15) is 38.3 Å². The Morgan fingerprint density at radius 2 is 2.36 bits per heavy atom. The Kier molecular flexibility index (Phi) is 4.74. The molecule has 0 N–H and O–H groups in total. The first-order valence-corrected chi connectivity index (χ1v) is 8.14. The van der Waals surface area contributed by atoms with Crippen molar-refractivity contribution < 1.29 is 14.3 Å². The number of hydrogen-bond donors (Lipinski definition) is 0. The minimum Gasteiger partial charge on any atom is -0.372 e. The first-order valence-electron chi connectivity index (χ1n) is 8.14. The lowest BCUT2D eigenvalue weighted by molar-refractivity contribution is -0.202. The summed E-state index contributed by atoms with van der Waals surface area (Å²) in [5, 5.41) is 0. The minimum absolute atomic E-state index is 0.170. The van der Waals surface area contributed by atoms with E-state index in [0.717, 1.165) is 38.0 Å². The molecule has 1 spiro atoms. The third-order valence-electron chi connectivity index (χ3n) is 4.42. The van der Waals surface area contributed by atoms with Gasteiger partial charge >= 0.3 is 0 Å². The van der Waals surface area contributed by atoms with Gasteiger partial charge in [-0.1, -0.05) is 13.0 Å². The van der Waals surface area contributed by atoms with Gasteiger partial charge in [0.15, 0.2) is 0 Å². The maximum Gasteiger partial charge on any atom is 0.222 e.